The van der Waals surface area contributed by atoms with Gasteiger partial charge in [0.1, 0.15) is 12.2 Å². The standard InChI is InChI=1S/C10H14N2O5/c1-10(2)16-8-7(14-3)6(5(13)4-12-11)15-9(8)17-10/h4,6-9H,1-3H3/t6-,7+,8-,9-/m1/s1. The van der Waals surface area contributed by atoms with Gasteiger partial charge in [-0.25, -0.2) is 0 Å². The third-order valence-electron chi connectivity index (χ3n) is 2.73. The quantitative estimate of drug-likeness (QED) is 0.386. The Morgan fingerprint density at radius 2 is 2.18 bits per heavy atom. The number of hydrogen-bond acceptors (Lipinski definition) is 5. The molecular weight excluding hydrogens is 228 g/mol. The molecule has 0 aromatic rings. The van der Waals surface area contributed by atoms with Gasteiger partial charge in [0, 0.05) is 7.11 Å². The summed E-state index contributed by atoms with van der Waals surface area (Å²) in [6.45, 7) is 3.51. The highest BCUT2D eigenvalue weighted by molar-refractivity contribution is 6.27. The summed E-state index contributed by atoms with van der Waals surface area (Å²) in [5, 5.41) is 0. The van der Waals surface area contributed by atoms with Crippen LogP contribution in [-0.2, 0) is 23.7 Å². The monoisotopic (exact) mass is 242 g/mol. The van der Waals surface area contributed by atoms with Gasteiger partial charge in [-0.1, -0.05) is 0 Å². The molecule has 0 saturated carbocycles. The molecule has 0 aromatic heterocycles. The van der Waals surface area contributed by atoms with Crippen molar-refractivity contribution < 1.29 is 28.5 Å². The first-order valence-electron chi connectivity index (χ1n) is 5.23. The molecule has 17 heavy (non-hydrogen) atoms. The maximum Gasteiger partial charge on any atom is 0.326 e. The lowest BCUT2D eigenvalue weighted by molar-refractivity contribution is -0.215. The van der Waals surface area contributed by atoms with E-state index in [1.165, 1.54) is 7.11 Å². The zero-order valence-corrected chi connectivity index (χ0v) is 9.82. The molecule has 0 spiro atoms. The number of nitrogens with zero attached hydrogens (tertiary/aromatic N) is 2. The highest BCUT2D eigenvalue weighted by Crippen LogP contribution is 2.38. The van der Waals surface area contributed by atoms with Crippen LogP contribution in [0.2, 0.25) is 0 Å². The molecule has 0 N–H and O–H groups in total. The van der Waals surface area contributed by atoms with E-state index < -0.39 is 36.2 Å². The van der Waals surface area contributed by atoms with Gasteiger partial charge in [0.15, 0.2) is 18.2 Å². The van der Waals surface area contributed by atoms with Crippen LogP contribution in [0.4, 0.5) is 0 Å². The Hall–Kier alpha value is -1.11. The second kappa shape index (κ2) is 4.29. The van der Waals surface area contributed by atoms with Crippen LogP contribution in [0.1, 0.15) is 13.8 Å². The minimum atomic E-state index is -0.873. The number of rotatable bonds is 3. The molecule has 2 heterocycles. The van der Waals surface area contributed by atoms with E-state index in [4.69, 9.17) is 24.5 Å². The molecule has 7 nitrogen and oxygen atoms in total. The minimum Gasteiger partial charge on any atom is -0.375 e. The molecule has 2 saturated heterocycles. The van der Waals surface area contributed by atoms with Gasteiger partial charge < -0.3 is 24.5 Å². The summed E-state index contributed by atoms with van der Waals surface area (Å²) in [5.74, 6) is -1.25. The van der Waals surface area contributed by atoms with Crippen molar-refractivity contribution in [3.05, 3.63) is 5.53 Å². The number of hydrogen-bond donors (Lipinski definition) is 0. The van der Waals surface area contributed by atoms with Gasteiger partial charge in [0.05, 0.1) is 0 Å². The van der Waals surface area contributed by atoms with E-state index in [1.54, 1.807) is 13.8 Å². The first-order valence-corrected chi connectivity index (χ1v) is 5.23. The summed E-state index contributed by atoms with van der Waals surface area (Å²) in [7, 11) is 1.46. The van der Waals surface area contributed by atoms with Crippen molar-refractivity contribution >= 4 is 12.0 Å². The third-order valence-corrected chi connectivity index (χ3v) is 2.73. The Balaban J connectivity index is 2.16. The van der Waals surface area contributed by atoms with Gasteiger partial charge in [-0.3, -0.25) is 4.79 Å². The summed E-state index contributed by atoms with van der Waals surface area (Å²) in [5.41, 5.74) is 8.33. The molecule has 0 aliphatic carbocycles. The van der Waals surface area contributed by atoms with E-state index in [-0.39, 0.29) is 0 Å². The lowest BCUT2D eigenvalue weighted by Gasteiger charge is -2.22. The normalized spacial score (nSPS) is 38.5. The predicted octanol–water partition coefficient (Wildman–Crippen LogP) is -0.253. The number of ether oxygens (including phenoxy) is 4. The first kappa shape index (κ1) is 12.3. The second-order valence-electron chi connectivity index (χ2n) is 4.37. The number of Topliss-reactive ketones (excluding diaryl/α,β-unsaturated/α-hetero) is 1. The van der Waals surface area contributed by atoms with Gasteiger partial charge >= 0.3 is 6.21 Å². The average Bonchev–Trinajstić information content (AvgIpc) is 2.69. The zero-order valence-electron chi connectivity index (χ0n) is 9.82. The molecule has 2 aliphatic rings. The molecule has 4 atom stereocenters. The molecule has 2 rings (SSSR count). The molecule has 2 fully saturated rings. The van der Waals surface area contributed by atoms with Gasteiger partial charge in [-0.2, -0.15) is 4.79 Å². The lowest BCUT2D eigenvalue weighted by atomic mass is 10.1. The average molecular weight is 242 g/mol. The molecule has 0 bridgehead atoms. The zero-order chi connectivity index (χ0) is 12.6. The fourth-order valence-electron chi connectivity index (χ4n) is 2.10. The van der Waals surface area contributed by atoms with Crippen molar-refractivity contribution in [1.82, 2.24) is 0 Å². The molecule has 94 valence electrons. The Morgan fingerprint density at radius 3 is 2.76 bits per heavy atom. The van der Waals surface area contributed by atoms with Crippen molar-refractivity contribution in [2.24, 2.45) is 0 Å². The van der Waals surface area contributed by atoms with Gasteiger partial charge in [-0.15, -0.1) is 0 Å². The fourth-order valence-corrected chi connectivity index (χ4v) is 2.10. The summed E-state index contributed by atoms with van der Waals surface area (Å²) >= 11 is 0. The van der Waals surface area contributed by atoms with Crippen LogP contribution in [0.25, 0.3) is 5.53 Å². The number of methoxy groups -OCH3 is 1. The topological polar surface area (TPSA) is 90.4 Å². The fraction of sp³-hybridized carbons (Fsp3) is 0.800. The number of carbonyl (C=O) groups excluding carboxylic acids is 1. The summed E-state index contributed by atoms with van der Waals surface area (Å²) in [6, 6.07) is 0. The van der Waals surface area contributed by atoms with E-state index in [2.05, 4.69) is 4.79 Å². The van der Waals surface area contributed by atoms with E-state index >= 15 is 0 Å². The lowest BCUT2D eigenvalue weighted by Crippen LogP contribution is -2.40. The van der Waals surface area contributed by atoms with Crippen molar-refractivity contribution in [3.8, 4) is 0 Å². The maximum absolute atomic E-state index is 11.6. The third kappa shape index (κ3) is 2.15. The van der Waals surface area contributed by atoms with Gasteiger partial charge in [0.2, 0.25) is 0 Å². The Bertz CT molecular complexity index is 377. The molecule has 2 aliphatic heterocycles. The van der Waals surface area contributed by atoms with Crippen LogP contribution in [0.5, 0.6) is 0 Å². The van der Waals surface area contributed by atoms with Crippen LogP contribution in [0.3, 0.4) is 0 Å². The van der Waals surface area contributed by atoms with Crippen LogP contribution in [0.15, 0.2) is 0 Å². The van der Waals surface area contributed by atoms with Crippen molar-refractivity contribution in [1.29, 1.82) is 0 Å². The molecular formula is C10H14N2O5. The van der Waals surface area contributed by atoms with Crippen LogP contribution >= 0.6 is 0 Å². The van der Waals surface area contributed by atoms with Gasteiger partial charge in [0.25, 0.3) is 5.78 Å². The van der Waals surface area contributed by atoms with Gasteiger partial charge in [-0.05, 0) is 13.8 Å². The summed E-state index contributed by atoms with van der Waals surface area (Å²) in [4.78, 5) is 14.3. The highest BCUT2D eigenvalue weighted by atomic mass is 16.8. The van der Waals surface area contributed by atoms with Crippen molar-refractivity contribution in [3.63, 3.8) is 0 Å². The van der Waals surface area contributed by atoms with E-state index in [9.17, 15) is 4.79 Å². The first-order chi connectivity index (χ1) is 7.98. The molecule has 0 amide bonds. The minimum absolute atomic E-state index is 0.462. The number of fused-ring (bicyclic) bond motifs is 1. The van der Waals surface area contributed by atoms with Crippen LogP contribution in [-0.4, -0.2) is 54.3 Å². The molecule has 0 radical (unpaired) electrons. The Kier molecular flexibility index (Phi) is 3.11. The molecule has 0 unspecified atom stereocenters. The largest absolute Gasteiger partial charge is 0.375 e. The Morgan fingerprint density at radius 1 is 1.47 bits per heavy atom. The maximum atomic E-state index is 11.6. The second-order valence-corrected chi connectivity index (χ2v) is 4.37. The predicted molar refractivity (Wildman–Crippen MR) is 54.2 cm³/mol. The molecule has 7 heteroatoms. The van der Waals surface area contributed by atoms with E-state index in [0.717, 1.165) is 6.21 Å². The highest BCUT2D eigenvalue weighted by Gasteiger charge is 2.57. The SMILES string of the molecule is CO[C@@H]1[C@H]2OC(C)(C)O[C@H]2O[C@@H]1C(=O)C=[N+]=[N-]. The number of ketones is 1. The van der Waals surface area contributed by atoms with E-state index in [0.29, 0.717) is 0 Å². The van der Waals surface area contributed by atoms with E-state index in [1.807, 2.05) is 0 Å². The Labute approximate surface area is 98.2 Å². The number of carbonyl (C=O) groups is 1. The smallest absolute Gasteiger partial charge is 0.326 e. The van der Waals surface area contributed by atoms with Crippen molar-refractivity contribution in [2.75, 3.05) is 7.11 Å². The summed E-state index contributed by atoms with van der Waals surface area (Å²) < 4.78 is 21.7. The van der Waals surface area contributed by atoms with Crippen LogP contribution < -0.4 is 0 Å². The molecule has 0 aromatic carbocycles. The van der Waals surface area contributed by atoms with Crippen molar-refractivity contribution in [2.45, 2.75) is 44.2 Å². The van der Waals surface area contributed by atoms with Crippen LogP contribution in [0, 0.1) is 0 Å². The summed E-state index contributed by atoms with van der Waals surface area (Å²) in [6.07, 6.45) is -1.77.